The Hall–Kier alpha value is -2.94. The van der Waals surface area contributed by atoms with Gasteiger partial charge in [-0.15, -0.1) is 0 Å². The summed E-state index contributed by atoms with van der Waals surface area (Å²) in [4.78, 5) is 46.3. The minimum Gasteiger partial charge on any atom is -0.325 e. The maximum Gasteiger partial charge on any atom is 0.332 e. The van der Waals surface area contributed by atoms with E-state index in [9.17, 15) is 14.4 Å². The first kappa shape index (κ1) is 20.8. The molecular formula is C20H23N5O3S. The number of anilines is 1. The number of fused-ring (bicyclic) bond motifs is 1. The Morgan fingerprint density at radius 2 is 1.79 bits per heavy atom. The largest absolute Gasteiger partial charge is 0.332 e. The summed E-state index contributed by atoms with van der Waals surface area (Å²) in [6, 6.07) is 7.51. The molecule has 1 amide bonds. The van der Waals surface area contributed by atoms with Crippen molar-refractivity contribution in [2.45, 2.75) is 31.7 Å². The van der Waals surface area contributed by atoms with Crippen LogP contribution in [0.1, 0.15) is 24.7 Å². The van der Waals surface area contributed by atoms with Crippen molar-refractivity contribution in [1.82, 2.24) is 19.1 Å². The van der Waals surface area contributed by atoms with Crippen molar-refractivity contribution >= 4 is 34.4 Å². The van der Waals surface area contributed by atoms with Gasteiger partial charge in [0.25, 0.3) is 5.56 Å². The highest BCUT2D eigenvalue weighted by atomic mass is 32.2. The topological polar surface area (TPSA) is 98.9 Å². The second-order valence-electron chi connectivity index (χ2n) is 6.80. The average Bonchev–Trinajstić information content (AvgIpc) is 2.70. The van der Waals surface area contributed by atoms with Gasteiger partial charge in [0, 0.05) is 26.2 Å². The Morgan fingerprint density at radius 3 is 2.45 bits per heavy atom. The van der Waals surface area contributed by atoms with E-state index in [4.69, 9.17) is 0 Å². The van der Waals surface area contributed by atoms with Gasteiger partial charge in [-0.2, -0.15) is 0 Å². The van der Waals surface area contributed by atoms with Crippen molar-refractivity contribution in [3.05, 3.63) is 56.5 Å². The second-order valence-corrected chi connectivity index (χ2v) is 7.77. The molecule has 0 saturated heterocycles. The normalized spacial score (nSPS) is 11.0. The van der Waals surface area contributed by atoms with E-state index >= 15 is 0 Å². The number of carbonyl (C=O) groups excluding carboxylic acids is 1. The first-order valence-corrected chi connectivity index (χ1v) is 10.3. The molecule has 0 aliphatic rings. The summed E-state index contributed by atoms with van der Waals surface area (Å²) in [5, 5.41) is 3.50. The molecule has 0 atom stereocenters. The molecule has 152 valence electrons. The fourth-order valence-corrected chi connectivity index (χ4v) is 3.71. The van der Waals surface area contributed by atoms with Gasteiger partial charge >= 0.3 is 5.69 Å². The molecule has 9 heteroatoms. The van der Waals surface area contributed by atoms with Crippen LogP contribution in [0.4, 0.5) is 5.69 Å². The van der Waals surface area contributed by atoms with E-state index in [-0.39, 0.29) is 22.7 Å². The van der Waals surface area contributed by atoms with Gasteiger partial charge in [-0.3, -0.25) is 18.7 Å². The van der Waals surface area contributed by atoms with E-state index in [0.717, 1.165) is 16.6 Å². The molecule has 0 fully saturated rings. The van der Waals surface area contributed by atoms with Gasteiger partial charge in [-0.05, 0) is 25.5 Å². The van der Waals surface area contributed by atoms with Gasteiger partial charge in [-0.1, -0.05) is 36.4 Å². The molecule has 8 nitrogen and oxygen atoms in total. The summed E-state index contributed by atoms with van der Waals surface area (Å²) < 4.78 is 2.37. The molecule has 1 N–H and O–H groups in total. The van der Waals surface area contributed by atoms with Crippen LogP contribution < -0.4 is 16.6 Å². The van der Waals surface area contributed by atoms with Crippen LogP contribution in [-0.4, -0.2) is 30.8 Å². The number of nitrogens with one attached hydrogen (secondary N) is 1. The third-order valence-electron chi connectivity index (χ3n) is 4.46. The van der Waals surface area contributed by atoms with E-state index in [1.54, 1.807) is 7.05 Å². The Morgan fingerprint density at radius 1 is 1.10 bits per heavy atom. The van der Waals surface area contributed by atoms with E-state index in [2.05, 4.69) is 15.3 Å². The Bertz CT molecular complexity index is 1180. The molecule has 29 heavy (non-hydrogen) atoms. The maximum atomic E-state index is 12.7. The van der Waals surface area contributed by atoms with Gasteiger partial charge in [0.2, 0.25) is 5.91 Å². The Kier molecular flexibility index (Phi) is 6.17. The number of hydrogen-bond donors (Lipinski definition) is 1. The zero-order valence-corrected chi connectivity index (χ0v) is 17.7. The number of aromatic nitrogens is 4. The van der Waals surface area contributed by atoms with E-state index in [0.29, 0.717) is 23.0 Å². The number of hydrogen-bond acceptors (Lipinski definition) is 6. The summed E-state index contributed by atoms with van der Waals surface area (Å²) in [7, 11) is 2.99. The highest BCUT2D eigenvalue weighted by molar-refractivity contribution is 8.00. The van der Waals surface area contributed by atoms with Crippen LogP contribution in [0.5, 0.6) is 0 Å². The Labute approximate surface area is 172 Å². The predicted molar refractivity (Wildman–Crippen MR) is 115 cm³/mol. The van der Waals surface area contributed by atoms with Crippen molar-refractivity contribution in [2.24, 2.45) is 14.1 Å². The number of thioether (sulfide) groups is 1. The zero-order chi connectivity index (χ0) is 21.1. The number of nitrogens with zero attached hydrogens (tertiary/aromatic N) is 4. The lowest BCUT2D eigenvalue weighted by Crippen LogP contribution is -2.38. The highest BCUT2D eigenvalue weighted by Crippen LogP contribution is 2.23. The SMILES string of the molecule is CCCc1nc(SCC(=O)Nc2ccc(C)cc2)c2c(=O)n(C)c(=O)n(C)c2n1. The molecule has 0 saturated carbocycles. The number of amides is 1. The molecular weight excluding hydrogens is 390 g/mol. The third-order valence-corrected chi connectivity index (χ3v) is 5.44. The van der Waals surface area contributed by atoms with Gasteiger partial charge < -0.3 is 5.32 Å². The second kappa shape index (κ2) is 8.60. The molecule has 0 spiro atoms. The Balaban J connectivity index is 1.95. The van der Waals surface area contributed by atoms with Gasteiger partial charge in [-0.25, -0.2) is 14.8 Å². The van der Waals surface area contributed by atoms with Crippen LogP contribution in [0, 0.1) is 6.92 Å². The van der Waals surface area contributed by atoms with Gasteiger partial charge in [0.15, 0.2) is 5.65 Å². The molecule has 3 rings (SSSR count). The van der Waals surface area contributed by atoms with Crippen molar-refractivity contribution in [3.8, 4) is 0 Å². The maximum absolute atomic E-state index is 12.7. The van der Waals surface area contributed by atoms with Crippen molar-refractivity contribution in [3.63, 3.8) is 0 Å². The quantitative estimate of drug-likeness (QED) is 0.490. The lowest BCUT2D eigenvalue weighted by Gasteiger charge is -2.11. The summed E-state index contributed by atoms with van der Waals surface area (Å²) >= 11 is 1.17. The molecule has 3 aromatic rings. The van der Waals surface area contributed by atoms with Crippen molar-refractivity contribution < 1.29 is 4.79 Å². The summed E-state index contributed by atoms with van der Waals surface area (Å²) in [5.74, 6) is 0.423. The third kappa shape index (κ3) is 4.40. The molecule has 0 radical (unpaired) electrons. The predicted octanol–water partition coefficient (Wildman–Crippen LogP) is 2.02. The summed E-state index contributed by atoms with van der Waals surface area (Å²) in [5.41, 5.74) is 1.19. The minimum absolute atomic E-state index is 0.0809. The van der Waals surface area contributed by atoms with E-state index < -0.39 is 11.2 Å². The number of carbonyl (C=O) groups is 1. The van der Waals surface area contributed by atoms with E-state index in [1.807, 2.05) is 38.1 Å². The van der Waals surface area contributed by atoms with Crippen LogP contribution in [0.15, 0.2) is 38.9 Å². The van der Waals surface area contributed by atoms with Crippen molar-refractivity contribution in [1.29, 1.82) is 0 Å². The number of benzene rings is 1. The molecule has 0 unspecified atom stereocenters. The first-order chi connectivity index (χ1) is 13.8. The molecule has 2 heterocycles. The molecule has 0 bridgehead atoms. The number of aryl methyl sites for hydroxylation is 3. The van der Waals surface area contributed by atoms with Crippen LogP contribution in [-0.2, 0) is 25.3 Å². The zero-order valence-electron chi connectivity index (χ0n) is 16.9. The fraction of sp³-hybridized carbons (Fsp3) is 0.350. The van der Waals surface area contributed by atoms with Crippen LogP contribution in [0.3, 0.4) is 0 Å². The monoisotopic (exact) mass is 413 g/mol. The fourth-order valence-electron chi connectivity index (χ4n) is 2.88. The standard InChI is InChI=1S/C20H23N5O3S/c1-5-6-14-22-17-16(19(27)25(4)20(28)24(17)3)18(23-14)29-11-15(26)21-13-9-7-12(2)8-10-13/h7-10H,5-6,11H2,1-4H3,(H,21,26). The summed E-state index contributed by atoms with van der Waals surface area (Å²) in [6.45, 7) is 3.97. The van der Waals surface area contributed by atoms with Crippen molar-refractivity contribution in [2.75, 3.05) is 11.1 Å². The average molecular weight is 414 g/mol. The van der Waals surface area contributed by atoms with Crippen LogP contribution in [0.2, 0.25) is 0 Å². The van der Waals surface area contributed by atoms with Crippen LogP contribution in [0.25, 0.3) is 11.0 Å². The lowest BCUT2D eigenvalue weighted by atomic mass is 10.2. The lowest BCUT2D eigenvalue weighted by molar-refractivity contribution is -0.113. The number of rotatable bonds is 6. The smallest absolute Gasteiger partial charge is 0.325 e. The van der Waals surface area contributed by atoms with Gasteiger partial charge in [0.1, 0.15) is 16.2 Å². The summed E-state index contributed by atoms with van der Waals surface area (Å²) in [6.07, 6.45) is 1.44. The molecule has 1 aromatic carbocycles. The van der Waals surface area contributed by atoms with Crippen LogP contribution >= 0.6 is 11.8 Å². The van der Waals surface area contributed by atoms with Gasteiger partial charge in [0.05, 0.1) is 5.75 Å². The highest BCUT2D eigenvalue weighted by Gasteiger charge is 2.18. The first-order valence-electron chi connectivity index (χ1n) is 9.27. The molecule has 0 aliphatic carbocycles. The molecule has 2 aromatic heterocycles. The van der Waals surface area contributed by atoms with E-state index in [1.165, 1.54) is 23.4 Å². The molecule has 0 aliphatic heterocycles. The minimum atomic E-state index is -0.465.